The molecule has 0 bridgehead atoms. The third kappa shape index (κ3) is 2.54. The second-order valence-corrected chi connectivity index (χ2v) is 6.96. The number of esters is 1. The predicted molar refractivity (Wildman–Crippen MR) is 71.8 cm³/mol. The Morgan fingerprint density at radius 1 is 1.33 bits per heavy atom. The van der Waals surface area contributed by atoms with Crippen molar-refractivity contribution in [1.29, 1.82) is 0 Å². The highest BCUT2D eigenvalue weighted by atomic mass is 32.2. The molecule has 0 amide bonds. The van der Waals surface area contributed by atoms with Crippen molar-refractivity contribution in [2.45, 2.75) is 26.4 Å². The van der Waals surface area contributed by atoms with Crippen molar-refractivity contribution in [3.8, 4) is 0 Å². The van der Waals surface area contributed by atoms with Gasteiger partial charge in [0, 0.05) is 10.8 Å². The highest BCUT2D eigenvalue weighted by molar-refractivity contribution is 7.38. The summed E-state index contributed by atoms with van der Waals surface area (Å²) >= 11 is 2.53. The van der Waals surface area contributed by atoms with Crippen LogP contribution < -0.4 is 0 Å². The lowest BCUT2D eigenvalue weighted by Gasteiger charge is -2.18. The lowest BCUT2D eigenvalue weighted by molar-refractivity contribution is 0.00721. The molecule has 0 fully saturated rings. The van der Waals surface area contributed by atoms with Crippen molar-refractivity contribution in [2.24, 2.45) is 0 Å². The molecule has 4 nitrogen and oxygen atoms in total. The minimum absolute atomic E-state index is 0.238. The Kier molecular flexibility index (Phi) is 3.16. The van der Waals surface area contributed by atoms with Crippen molar-refractivity contribution in [1.82, 2.24) is 0 Å². The van der Waals surface area contributed by atoms with Gasteiger partial charge in [-0.1, -0.05) is 0 Å². The number of rotatable bonds is 2. The van der Waals surface area contributed by atoms with Gasteiger partial charge in [-0.25, -0.2) is 9.59 Å². The minimum Gasteiger partial charge on any atom is -0.477 e. The molecule has 0 spiro atoms. The van der Waals surface area contributed by atoms with E-state index >= 15 is 0 Å². The number of carbonyl (C=O) groups is 2. The molecular weight excluding hydrogens is 272 g/mol. The molecule has 6 heteroatoms. The molecule has 2 heterocycles. The number of fused-ring (bicyclic) bond motifs is 1. The molecular formula is C12H12O4S2. The zero-order valence-corrected chi connectivity index (χ0v) is 11.8. The van der Waals surface area contributed by atoms with Crippen LogP contribution in [0.3, 0.4) is 0 Å². The summed E-state index contributed by atoms with van der Waals surface area (Å²) in [5, 5.41) is 11.3. The lowest BCUT2D eigenvalue weighted by atomic mass is 10.2. The Morgan fingerprint density at radius 3 is 2.56 bits per heavy atom. The standard InChI is InChI=1S/C12H12O4S2/c1-12(2,3)16-10(15)7-5-17-11-6(7)4-8(18-11)9(13)14/h4-5H,1-3H3,(H,13,14). The number of hydrogen-bond acceptors (Lipinski definition) is 5. The van der Waals surface area contributed by atoms with E-state index in [9.17, 15) is 9.59 Å². The molecule has 96 valence electrons. The molecule has 2 aromatic heterocycles. The molecule has 0 aliphatic carbocycles. The first-order valence-corrected chi connectivity index (χ1v) is 6.95. The number of aromatic carboxylic acids is 1. The van der Waals surface area contributed by atoms with Gasteiger partial charge in [-0.15, -0.1) is 22.7 Å². The number of carboxylic acids is 1. The maximum absolute atomic E-state index is 12.0. The van der Waals surface area contributed by atoms with Gasteiger partial charge in [0.15, 0.2) is 0 Å². The van der Waals surface area contributed by atoms with Gasteiger partial charge in [0.05, 0.1) is 9.58 Å². The van der Waals surface area contributed by atoms with Crippen LogP contribution in [0.4, 0.5) is 0 Å². The van der Waals surface area contributed by atoms with Crippen molar-refractivity contribution in [3.05, 3.63) is 21.9 Å². The Labute approximate surface area is 112 Å². The topological polar surface area (TPSA) is 63.6 Å². The van der Waals surface area contributed by atoms with Crippen LogP contribution in [-0.4, -0.2) is 22.6 Å². The number of thiophene rings is 2. The normalized spacial score (nSPS) is 11.7. The van der Waals surface area contributed by atoms with E-state index in [2.05, 4.69) is 0 Å². The molecule has 0 radical (unpaired) electrons. The van der Waals surface area contributed by atoms with Gasteiger partial charge >= 0.3 is 11.9 Å². The monoisotopic (exact) mass is 284 g/mol. The molecule has 0 atom stereocenters. The van der Waals surface area contributed by atoms with Crippen LogP contribution in [0, 0.1) is 0 Å². The molecule has 2 aromatic rings. The minimum atomic E-state index is -0.974. The molecule has 18 heavy (non-hydrogen) atoms. The molecule has 0 unspecified atom stereocenters. The van der Waals surface area contributed by atoms with E-state index in [-0.39, 0.29) is 4.88 Å². The molecule has 2 rings (SSSR count). The summed E-state index contributed by atoms with van der Waals surface area (Å²) in [4.78, 5) is 23.1. The largest absolute Gasteiger partial charge is 0.477 e. The smallest absolute Gasteiger partial charge is 0.345 e. The van der Waals surface area contributed by atoms with Gasteiger partial charge in [-0.3, -0.25) is 0 Å². The highest BCUT2D eigenvalue weighted by Crippen LogP contribution is 2.34. The van der Waals surface area contributed by atoms with Crippen LogP contribution in [0.25, 0.3) is 9.40 Å². The fraction of sp³-hybridized carbons (Fsp3) is 0.333. The third-order valence-electron chi connectivity index (χ3n) is 2.10. The van der Waals surface area contributed by atoms with Crippen LogP contribution in [0.1, 0.15) is 40.8 Å². The number of ether oxygens (including phenoxy) is 1. The van der Waals surface area contributed by atoms with Crippen LogP contribution in [0.5, 0.6) is 0 Å². The Balaban J connectivity index is 2.39. The summed E-state index contributed by atoms with van der Waals surface area (Å²) in [7, 11) is 0. The van der Waals surface area contributed by atoms with Gasteiger partial charge in [-0.05, 0) is 26.8 Å². The Morgan fingerprint density at radius 2 is 2.00 bits per heavy atom. The van der Waals surface area contributed by atoms with E-state index in [4.69, 9.17) is 9.84 Å². The quantitative estimate of drug-likeness (QED) is 0.855. The van der Waals surface area contributed by atoms with Crippen LogP contribution in [-0.2, 0) is 4.74 Å². The molecule has 0 saturated carbocycles. The first kappa shape index (κ1) is 13.0. The maximum Gasteiger partial charge on any atom is 0.345 e. The number of carbonyl (C=O) groups excluding carboxylic acids is 1. The second kappa shape index (κ2) is 4.37. The molecule has 0 aliphatic heterocycles. The van der Waals surface area contributed by atoms with Crippen LogP contribution in [0.2, 0.25) is 0 Å². The summed E-state index contributed by atoms with van der Waals surface area (Å²) in [6.45, 7) is 5.39. The van der Waals surface area contributed by atoms with Gasteiger partial charge in [-0.2, -0.15) is 0 Å². The number of hydrogen-bond donors (Lipinski definition) is 1. The van der Waals surface area contributed by atoms with Gasteiger partial charge in [0.1, 0.15) is 10.5 Å². The third-order valence-corrected chi connectivity index (χ3v) is 4.35. The highest BCUT2D eigenvalue weighted by Gasteiger charge is 2.22. The summed E-state index contributed by atoms with van der Waals surface area (Å²) in [6.07, 6.45) is 0. The van der Waals surface area contributed by atoms with E-state index in [1.54, 1.807) is 26.2 Å². The Bertz CT molecular complexity index is 616. The van der Waals surface area contributed by atoms with Gasteiger partial charge in [0.2, 0.25) is 0 Å². The molecule has 0 aliphatic rings. The molecule has 0 aromatic carbocycles. The summed E-state index contributed by atoms with van der Waals surface area (Å²) in [5.74, 6) is -1.39. The summed E-state index contributed by atoms with van der Waals surface area (Å²) < 4.78 is 6.11. The SMILES string of the molecule is CC(C)(C)OC(=O)c1csc2sc(C(=O)O)cc12. The van der Waals surface area contributed by atoms with E-state index in [1.807, 2.05) is 0 Å². The zero-order chi connectivity index (χ0) is 13.5. The van der Waals surface area contributed by atoms with E-state index in [0.717, 1.165) is 4.01 Å². The first-order chi connectivity index (χ1) is 8.28. The van der Waals surface area contributed by atoms with Crippen molar-refractivity contribution >= 4 is 44.0 Å². The number of carboxylic acid groups (broad SMARTS) is 1. The summed E-state index contributed by atoms with van der Waals surface area (Å²) in [5.41, 5.74) is -0.120. The maximum atomic E-state index is 12.0. The van der Waals surface area contributed by atoms with Gasteiger partial charge in [0.25, 0.3) is 0 Å². The van der Waals surface area contributed by atoms with E-state index in [1.165, 1.54) is 28.7 Å². The molecule has 1 N–H and O–H groups in total. The second-order valence-electron chi connectivity index (χ2n) is 4.77. The van der Waals surface area contributed by atoms with Crippen molar-refractivity contribution in [3.63, 3.8) is 0 Å². The van der Waals surface area contributed by atoms with Crippen molar-refractivity contribution in [2.75, 3.05) is 0 Å². The van der Waals surface area contributed by atoms with Gasteiger partial charge < -0.3 is 9.84 Å². The fourth-order valence-corrected chi connectivity index (χ4v) is 3.51. The predicted octanol–water partition coefficient (Wildman–Crippen LogP) is 3.62. The average molecular weight is 284 g/mol. The fourth-order valence-electron chi connectivity index (χ4n) is 1.42. The average Bonchev–Trinajstić information content (AvgIpc) is 2.71. The van der Waals surface area contributed by atoms with E-state index in [0.29, 0.717) is 10.9 Å². The van der Waals surface area contributed by atoms with Crippen molar-refractivity contribution < 1.29 is 19.4 Å². The van der Waals surface area contributed by atoms with Crippen LogP contribution >= 0.6 is 22.7 Å². The Hall–Kier alpha value is -1.40. The lowest BCUT2D eigenvalue weighted by Crippen LogP contribution is -2.23. The summed E-state index contributed by atoms with van der Waals surface area (Å²) in [6, 6.07) is 1.53. The molecule has 0 saturated heterocycles. The first-order valence-electron chi connectivity index (χ1n) is 5.25. The van der Waals surface area contributed by atoms with Crippen LogP contribution in [0.15, 0.2) is 11.4 Å². The zero-order valence-electron chi connectivity index (χ0n) is 10.1. The van der Waals surface area contributed by atoms with E-state index < -0.39 is 17.5 Å².